The van der Waals surface area contributed by atoms with Gasteiger partial charge in [0.1, 0.15) is 0 Å². The number of benzene rings is 3. The molecule has 2 heteroatoms. The number of nitrogens with one attached hydrogen (secondary N) is 1. The van der Waals surface area contributed by atoms with Crippen LogP contribution < -0.4 is 11.1 Å². The third-order valence-corrected chi connectivity index (χ3v) is 3.68. The fourth-order valence-electron chi connectivity index (χ4n) is 1.99. The molecule has 0 atom stereocenters. The van der Waals surface area contributed by atoms with Crippen molar-refractivity contribution in [1.82, 2.24) is 0 Å². The summed E-state index contributed by atoms with van der Waals surface area (Å²) >= 11 is 0. The van der Waals surface area contributed by atoms with Gasteiger partial charge in [0, 0.05) is 17.9 Å². The van der Waals surface area contributed by atoms with Crippen LogP contribution in [0.2, 0.25) is 0 Å². The minimum absolute atomic E-state index is 0.822. The van der Waals surface area contributed by atoms with Gasteiger partial charge >= 0.3 is 0 Å². The van der Waals surface area contributed by atoms with Crippen molar-refractivity contribution in [2.45, 2.75) is 20.3 Å². The normalized spacial score (nSPS) is 9.00. The Morgan fingerprint density at radius 1 is 0.769 bits per heavy atom. The van der Waals surface area contributed by atoms with E-state index in [1.54, 1.807) is 0 Å². The van der Waals surface area contributed by atoms with Crippen molar-refractivity contribution in [3.8, 4) is 0 Å². The maximum Gasteiger partial charge on any atom is 0.0340 e. The fraction of sp³-hybridized carbons (Fsp3) is 0.167. The molecule has 0 aliphatic heterocycles. The highest BCUT2D eigenvalue weighted by atomic mass is 14.9. The summed E-state index contributed by atoms with van der Waals surface area (Å²) in [5, 5.41) is 3.27. The minimum Gasteiger partial charge on any atom is -0.399 e. The molecular weight excluding hydrogens is 316 g/mol. The molecule has 0 bridgehead atoms. The maximum absolute atomic E-state index is 5.36. The summed E-state index contributed by atoms with van der Waals surface area (Å²) in [7, 11) is 0. The highest BCUT2D eigenvalue weighted by molar-refractivity contribution is 5.42. The van der Waals surface area contributed by atoms with E-state index in [9.17, 15) is 0 Å². The molecule has 0 radical (unpaired) electrons. The standard InChI is InChI=1S/C10H13N.C8H10.C6H7N/c1-2-3-9-11-10-7-5-4-6-8-10;1-7-5-3-4-6-8(7)2;7-6-4-2-1-3-5-6/h2,4-8,11H,1,3,9H2;3-6H,1-2H3;1-5H,7H2. The van der Waals surface area contributed by atoms with E-state index in [2.05, 4.69) is 62.1 Å². The smallest absolute Gasteiger partial charge is 0.0340 e. The number of hydrogen-bond donors (Lipinski definition) is 2. The third kappa shape index (κ3) is 9.99. The van der Waals surface area contributed by atoms with E-state index < -0.39 is 0 Å². The van der Waals surface area contributed by atoms with Crippen LogP contribution >= 0.6 is 0 Å². The Balaban J connectivity index is 0.000000201. The average Bonchev–Trinajstić information content (AvgIpc) is 2.67. The molecule has 136 valence electrons. The number of aryl methyl sites for hydroxylation is 2. The van der Waals surface area contributed by atoms with Gasteiger partial charge < -0.3 is 11.1 Å². The van der Waals surface area contributed by atoms with Crippen LogP contribution in [0, 0.1) is 13.8 Å². The van der Waals surface area contributed by atoms with Crippen LogP contribution in [0.3, 0.4) is 0 Å². The number of nitrogens with two attached hydrogens (primary N) is 1. The number of para-hydroxylation sites is 2. The Labute approximate surface area is 158 Å². The van der Waals surface area contributed by atoms with Crippen LogP contribution in [0.25, 0.3) is 0 Å². The minimum atomic E-state index is 0.822. The lowest BCUT2D eigenvalue weighted by molar-refractivity contribution is 1.07. The van der Waals surface area contributed by atoms with E-state index in [-0.39, 0.29) is 0 Å². The summed E-state index contributed by atoms with van der Waals surface area (Å²) in [5.41, 5.74) is 10.1. The molecule has 3 N–H and O–H groups in total. The number of rotatable bonds is 4. The third-order valence-electron chi connectivity index (χ3n) is 3.68. The molecule has 0 fully saturated rings. The summed E-state index contributed by atoms with van der Waals surface area (Å²) in [4.78, 5) is 0. The van der Waals surface area contributed by atoms with E-state index in [0.717, 1.165) is 18.7 Å². The molecule has 0 spiro atoms. The molecule has 0 saturated carbocycles. The lowest BCUT2D eigenvalue weighted by atomic mass is 10.1. The zero-order valence-electron chi connectivity index (χ0n) is 15.9. The highest BCUT2D eigenvalue weighted by Crippen LogP contribution is 2.04. The molecule has 0 saturated heterocycles. The molecule has 0 amide bonds. The lowest BCUT2D eigenvalue weighted by Crippen LogP contribution is -1.98. The van der Waals surface area contributed by atoms with E-state index >= 15 is 0 Å². The Morgan fingerprint density at radius 2 is 1.23 bits per heavy atom. The van der Waals surface area contributed by atoms with Crippen molar-refractivity contribution in [3.05, 3.63) is 109 Å². The fourth-order valence-corrected chi connectivity index (χ4v) is 1.99. The molecule has 3 rings (SSSR count). The van der Waals surface area contributed by atoms with Crippen LogP contribution in [-0.2, 0) is 0 Å². The molecule has 26 heavy (non-hydrogen) atoms. The van der Waals surface area contributed by atoms with Crippen molar-refractivity contribution >= 4 is 11.4 Å². The van der Waals surface area contributed by atoms with Crippen LogP contribution in [0.4, 0.5) is 11.4 Å². The first-order chi connectivity index (χ1) is 12.6. The number of nitrogen functional groups attached to an aromatic ring is 1. The molecule has 0 aromatic heterocycles. The topological polar surface area (TPSA) is 38.0 Å². The van der Waals surface area contributed by atoms with Gasteiger partial charge in [-0.05, 0) is 55.7 Å². The maximum atomic E-state index is 5.36. The van der Waals surface area contributed by atoms with Crippen LogP contribution in [0.5, 0.6) is 0 Å². The number of hydrogen-bond acceptors (Lipinski definition) is 2. The van der Waals surface area contributed by atoms with Crippen molar-refractivity contribution in [2.24, 2.45) is 0 Å². The van der Waals surface area contributed by atoms with Gasteiger partial charge in [0.25, 0.3) is 0 Å². The van der Waals surface area contributed by atoms with Gasteiger partial charge in [-0.25, -0.2) is 0 Å². The van der Waals surface area contributed by atoms with Gasteiger partial charge in [0.2, 0.25) is 0 Å². The van der Waals surface area contributed by atoms with E-state index in [1.165, 1.54) is 16.8 Å². The second-order valence-electron chi connectivity index (χ2n) is 5.87. The van der Waals surface area contributed by atoms with Gasteiger partial charge in [-0.15, -0.1) is 6.58 Å². The second kappa shape index (κ2) is 13.3. The monoisotopic (exact) mass is 346 g/mol. The van der Waals surface area contributed by atoms with Gasteiger partial charge in [-0.1, -0.05) is 66.7 Å². The van der Waals surface area contributed by atoms with Gasteiger partial charge in [0.05, 0.1) is 0 Å². The Bertz CT molecular complexity index is 700. The zero-order valence-corrected chi connectivity index (χ0v) is 15.9. The summed E-state index contributed by atoms with van der Waals surface area (Å²) < 4.78 is 0. The average molecular weight is 347 g/mol. The zero-order chi connectivity index (χ0) is 19.0. The summed E-state index contributed by atoms with van der Waals surface area (Å²) in [6, 6.07) is 28.0. The van der Waals surface area contributed by atoms with Crippen LogP contribution in [0.15, 0.2) is 97.6 Å². The SMILES string of the molecule is C=CCCNc1ccccc1.Cc1ccccc1C.Nc1ccccc1. The molecule has 0 aliphatic rings. The summed E-state index contributed by atoms with van der Waals surface area (Å²) in [5.74, 6) is 0. The van der Waals surface area contributed by atoms with Crippen LogP contribution in [-0.4, -0.2) is 6.54 Å². The van der Waals surface area contributed by atoms with Crippen molar-refractivity contribution in [3.63, 3.8) is 0 Å². The lowest BCUT2D eigenvalue weighted by Gasteiger charge is -2.02. The van der Waals surface area contributed by atoms with E-state index in [1.807, 2.05) is 54.6 Å². The first-order valence-corrected chi connectivity index (χ1v) is 8.86. The molecule has 0 unspecified atom stereocenters. The molecule has 2 nitrogen and oxygen atoms in total. The largest absolute Gasteiger partial charge is 0.399 e. The van der Waals surface area contributed by atoms with Crippen molar-refractivity contribution < 1.29 is 0 Å². The first-order valence-electron chi connectivity index (χ1n) is 8.86. The highest BCUT2D eigenvalue weighted by Gasteiger charge is 1.85. The predicted octanol–water partition coefficient (Wildman–Crippen LogP) is 6.25. The van der Waals surface area contributed by atoms with Gasteiger partial charge in [-0.2, -0.15) is 0 Å². The van der Waals surface area contributed by atoms with E-state index in [4.69, 9.17) is 5.73 Å². The molecule has 0 aliphatic carbocycles. The molecular formula is C24H30N2. The molecule has 3 aromatic rings. The Kier molecular flexibility index (Phi) is 10.8. The summed E-state index contributed by atoms with van der Waals surface area (Å²) in [6.07, 6.45) is 2.92. The van der Waals surface area contributed by atoms with E-state index in [0.29, 0.717) is 0 Å². The van der Waals surface area contributed by atoms with Crippen LogP contribution in [0.1, 0.15) is 17.5 Å². The van der Waals surface area contributed by atoms with Gasteiger partial charge in [-0.3, -0.25) is 0 Å². The predicted molar refractivity (Wildman–Crippen MR) is 117 cm³/mol. The second-order valence-corrected chi connectivity index (χ2v) is 5.87. The summed E-state index contributed by atoms with van der Waals surface area (Å²) in [6.45, 7) is 8.86. The quantitative estimate of drug-likeness (QED) is 0.333. The Morgan fingerprint density at radius 3 is 1.62 bits per heavy atom. The molecule has 0 heterocycles. The first kappa shape index (κ1) is 21.0. The van der Waals surface area contributed by atoms with Crippen molar-refractivity contribution in [1.29, 1.82) is 0 Å². The van der Waals surface area contributed by atoms with Crippen molar-refractivity contribution in [2.75, 3.05) is 17.6 Å². The van der Waals surface area contributed by atoms with Gasteiger partial charge in [0.15, 0.2) is 0 Å². The molecule has 3 aromatic carbocycles. The number of anilines is 2. The Hall–Kier alpha value is -3.00.